The van der Waals surface area contributed by atoms with Crippen molar-refractivity contribution in [3.8, 4) is 44.5 Å². The molecule has 0 saturated carbocycles. The van der Waals surface area contributed by atoms with Crippen molar-refractivity contribution in [3.05, 3.63) is 212 Å². The van der Waals surface area contributed by atoms with E-state index < -0.39 is 0 Å². The Labute approximate surface area is 319 Å². The van der Waals surface area contributed by atoms with Crippen molar-refractivity contribution in [2.75, 3.05) is 4.90 Å². The van der Waals surface area contributed by atoms with Gasteiger partial charge >= 0.3 is 0 Å². The molecule has 0 atom stereocenters. The Balaban J connectivity index is 1.10. The van der Waals surface area contributed by atoms with Gasteiger partial charge in [0.2, 0.25) is 0 Å². The SMILES string of the molecule is c1ccc(-c2ccc(-c3ccccc3N(c3ccc(-c4cccc(-c5cccc6ccccc56)c4)cc3)c3cccc4c3sc3ccccc34)cc2)cc1. The second-order valence-corrected chi connectivity index (χ2v) is 14.8. The van der Waals surface area contributed by atoms with Gasteiger partial charge in [0.15, 0.2) is 0 Å². The number of benzene rings is 9. The number of fused-ring (bicyclic) bond motifs is 4. The van der Waals surface area contributed by atoms with E-state index >= 15 is 0 Å². The van der Waals surface area contributed by atoms with Crippen LogP contribution in [0.2, 0.25) is 0 Å². The van der Waals surface area contributed by atoms with Gasteiger partial charge < -0.3 is 4.90 Å². The van der Waals surface area contributed by atoms with E-state index in [0.29, 0.717) is 0 Å². The lowest BCUT2D eigenvalue weighted by atomic mass is 9.95. The molecule has 0 N–H and O–H groups in total. The highest BCUT2D eigenvalue weighted by molar-refractivity contribution is 7.26. The van der Waals surface area contributed by atoms with Gasteiger partial charge in [-0.2, -0.15) is 0 Å². The second-order valence-electron chi connectivity index (χ2n) is 13.7. The van der Waals surface area contributed by atoms with E-state index in [-0.39, 0.29) is 0 Å². The molecular weight excluding hydrogens is 671 g/mol. The van der Waals surface area contributed by atoms with Gasteiger partial charge in [0, 0.05) is 26.7 Å². The van der Waals surface area contributed by atoms with Crippen LogP contribution in [-0.4, -0.2) is 0 Å². The molecule has 9 aromatic carbocycles. The van der Waals surface area contributed by atoms with Crippen LogP contribution in [0.1, 0.15) is 0 Å². The molecule has 0 fully saturated rings. The molecule has 0 bridgehead atoms. The normalized spacial score (nSPS) is 11.3. The average molecular weight is 706 g/mol. The van der Waals surface area contributed by atoms with E-state index in [1.54, 1.807) is 0 Å². The molecule has 54 heavy (non-hydrogen) atoms. The summed E-state index contributed by atoms with van der Waals surface area (Å²) in [6.07, 6.45) is 0. The molecule has 0 aliphatic heterocycles. The molecule has 1 nitrogen and oxygen atoms in total. The van der Waals surface area contributed by atoms with E-state index in [9.17, 15) is 0 Å². The largest absolute Gasteiger partial charge is 0.308 e. The number of thiophene rings is 1. The van der Waals surface area contributed by atoms with Gasteiger partial charge in [0.05, 0.1) is 16.1 Å². The van der Waals surface area contributed by atoms with E-state index in [1.807, 2.05) is 11.3 Å². The summed E-state index contributed by atoms with van der Waals surface area (Å²) in [7, 11) is 0. The van der Waals surface area contributed by atoms with Crippen LogP contribution in [0.15, 0.2) is 212 Å². The van der Waals surface area contributed by atoms with Crippen LogP contribution < -0.4 is 4.90 Å². The van der Waals surface area contributed by atoms with Crippen LogP contribution in [0, 0.1) is 0 Å². The Morgan fingerprint density at radius 3 is 1.72 bits per heavy atom. The molecule has 2 heteroatoms. The molecular formula is C52H35NS. The number of nitrogens with zero attached hydrogens (tertiary/aromatic N) is 1. The zero-order valence-corrected chi connectivity index (χ0v) is 30.4. The van der Waals surface area contributed by atoms with Crippen LogP contribution in [0.25, 0.3) is 75.5 Å². The molecule has 0 saturated heterocycles. The van der Waals surface area contributed by atoms with E-state index in [2.05, 4.69) is 217 Å². The van der Waals surface area contributed by atoms with Gasteiger partial charge in [-0.3, -0.25) is 0 Å². The minimum absolute atomic E-state index is 1.11. The van der Waals surface area contributed by atoms with Crippen molar-refractivity contribution >= 4 is 59.3 Å². The molecule has 254 valence electrons. The van der Waals surface area contributed by atoms with Crippen LogP contribution in [-0.2, 0) is 0 Å². The number of rotatable bonds is 7. The highest BCUT2D eigenvalue weighted by Gasteiger charge is 2.21. The Morgan fingerprint density at radius 1 is 0.315 bits per heavy atom. The van der Waals surface area contributed by atoms with Gasteiger partial charge in [-0.25, -0.2) is 0 Å². The molecule has 0 aliphatic carbocycles. The zero-order valence-electron chi connectivity index (χ0n) is 29.6. The summed E-state index contributed by atoms with van der Waals surface area (Å²) in [5.41, 5.74) is 13.1. The van der Waals surface area contributed by atoms with Crippen LogP contribution in [0.3, 0.4) is 0 Å². The Kier molecular flexibility index (Phi) is 8.09. The summed E-state index contributed by atoms with van der Waals surface area (Å²) in [5, 5.41) is 5.10. The van der Waals surface area contributed by atoms with E-state index in [1.165, 1.54) is 81.1 Å². The maximum Gasteiger partial charge on any atom is 0.0640 e. The molecule has 1 heterocycles. The minimum atomic E-state index is 1.11. The highest BCUT2D eigenvalue weighted by atomic mass is 32.1. The van der Waals surface area contributed by atoms with Gasteiger partial charge in [-0.05, 0) is 86.1 Å². The summed E-state index contributed by atoms with van der Waals surface area (Å²) in [6, 6.07) is 77.1. The molecule has 10 rings (SSSR count). The highest BCUT2D eigenvalue weighted by Crippen LogP contribution is 2.47. The lowest BCUT2D eigenvalue weighted by Crippen LogP contribution is -2.11. The fourth-order valence-electron chi connectivity index (χ4n) is 7.85. The topological polar surface area (TPSA) is 3.24 Å². The van der Waals surface area contributed by atoms with Crippen LogP contribution in [0.5, 0.6) is 0 Å². The predicted octanol–water partition coefficient (Wildman–Crippen LogP) is 15.3. The van der Waals surface area contributed by atoms with E-state index in [4.69, 9.17) is 0 Å². The maximum atomic E-state index is 2.45. The van der Waals surface area contributed by atoms with Crippen molar-refractivity contribution in [2.24, 2.45) is 0 Å². The predicted molar refractivity (Wildman–Crippen MR) is 233 cm³/mol. The number of hydrogen-bond acceptors (Lipinski definition) is 2. The summed E-state index contributed by atoms with van der Waals surface area (Å²) in [5.74, 6) is 0. The Bertz CT molecular complexity index is 2920. The first-order valence-electron chi connectivity index (χ1n) is 18.4. The van der Waals surface area contributed by atoms with Gasteiger partial charge in [-0.15, -0.1) is 11.3 Å². The minimum Gasteiger partial charge on any atom is -0.308 e. The van der Waals surface area contributed by atoms with Crippen LogP contribution in [0.4, 0.5) is 17.1 Å². The summed E-state index contributed by atoms with van der Waals surface area (Å²) < 4.78 is 2.57. The third kappa shape index (κ3) is 5.74. The zero-order chi connectivity index (χ0) is 35.8. The monoisotopic (exact) mass is 705 g/mol. The number of para-hydroxylation sites is 1. The van der Waals surface area contributed by atoms with Crippen molar-refractivity contribution in [1.82, 2.24) is 0 Å². The molecule has 10 aromatic rings. The van der Waals surface area contributed by atoms with Crippen molar-refractivity contribution in [2.45, 2.75) is 0 Å². The third-order valence-electron chi connectivity index (χ3n) is 10.5. The third-order valence-corrected chi connectivity index (χ3v) is 11.7. The molecule has 0 aliphatic rings. The first-order valence-corrected chi connectivity index (χ1v) is 19.2. The molecule has 0 unspecified atom stereocenters. The number of anilines is 3. The van der Waals surface area contributed by atoms with Gasteiger partial charge in [0.1, 0.15) is 0 Å². The molecule has 0 radical (unpaired) electrons. The quantitative estimate of drug-likeness (QED) is 0.160. The molecule has 1 aromatic heterocycles. The fourth-order valence-corrected chi connectivity index (χ4v) is 9.05. The first kappa shape index (κ1) is 32.0. The maximum absolute atomic E-state index is 2.45. The van der Waals surface area contributed by atoms with Gasteiger partial charge in [-0.1, -0.05) is 176 Å². The Hall–Kier alpha value is -6.74. The van der Waals surface area contributed by atoms with E-state index in [0.717, 1.165) is 11.4 Å². The lowest BCUT2D eigenvalue weighted by molar-refractivity contribution is 1.30. The first-order chi connectivity index (χ1) is 26.8. The van der Waals surface area contributed by atoms with Crippen molar-refractivity contribution < 1.29 is 0 Å². The summed E-state index contributed by atoms with van der Waals surface area (Å²) in [6.45, 7) is 0. The van der Waals surface area contributed by atoms with Crippen molar-refractivity contribution in [3.63, 3.8) is 0 Å². The van der Waals surface area contributed by atoms with Gasteiger partial charge in [0.25, 0.3) is 0 Å². The molecule has 0 amide bonds. The fraction of sp³-hybridized carbons (Fsp3) is 0. The lowest BCUT2D eigenvalue weighted by Gasteiger charge is -2.28. The Morgan fingerprint density at radius 2 is 0.852 bits per heavy atom. The second kappa shape index (κ2) is 13.7. The summed E-state index contributed by atoms with van der Waals surface area (Å²) >= 11 is 1.87. The number of hydrogen-bond donors (Lipinski definition) is 0. The molecule has 0 spiro atoms. The van der Waals surface area contributed by atoms with Crippen LogP contribution >= 0.6 is 11.3 Å². The average Bonchev–Trinajstić information content (AvgIpc) is 3.64. The smallest absolute Gasteiger partial charge is 0.0640 e. The summed E-state index contributed by atoms with van der Waals surface area (Å²) in [4.78, 5) is 2.45. The standard InChI is InChI=1S/C52H35NS/c1-2-13-36(14-3-1)37-27-29-40(30-28-37)46-20-6-8-24-49(46)53(50-25-12-23-48-47-21-7-9-26-51(47)54-52(48)50)43-33-31-38(32-34-43)41-17-10-18-42(35-41)45-22-11-16-39-15-4-5-19-44(39)45/h1-35H. The van der Waals surface area contributed by atoms with Crippen molar-refractivity contribution in [1.29, 1.82) is 0 Å².